The lowest BCUT2D eigenvalue weighted by molar-refractivity contribution is -0.118. The van der Waals surface area contributed by atoms with Crippen molar-refractivity contribution in [3.8, 4) is 0 Å². The highest BCUT2D eigenvalue weighted by Crippen LogP contribution is 2.23. The molecule has 0 bridgehead atoms. The number of hydrogen-bond acceptors (Lipinski definition) is 3. The van der Waals surface area contributed by atoms with E-state index in [4.69, 9.17) is 0 Å². The van der Waals surface area contributed by atoms with Gasteiger partial charge < -0.3 is 0 Å². The van der Waals surface area contributed by atoms with Gasteiger partial charge in [-0.1, -0.05) is 6.42 Å². The van der Waals surface area contributed by atoms with Gasteiger partial charge in [0.1, 0.15) is 5.78 Å². The van der Waals surface area contributed by atoms with Crippen LogP contribution in [0.5, 0.6) is 0 Å². The van der Waals surface area contributed by atoms with E-state index >= 15 is 0 Å². The smallest absolute Gasteiger partial charge is 0.280 e. The van der Waals surface area contributed by atoms with E-state index in [9.17, 15) is 13.2 Å². The molecule has 1 atom stereocenters. The number of carbonyl (C=O) groups excluding carboxylic acids is 1. The Morgan fingerprint density at radius 1 is 1.33 bits per heavy atom. The van der Waals surface area contributed by atoms with Gasteiger partial charge in [0.05, 0.1) is 0 Å². The topological polar surface area (TPSA) is 66.5 Å². The fourth-order valence-electron chi connectivity index (χ4n) is 2.27. The first-order valence-electron chi connectivity index (χ1n) is 6.42. The summed E-state index contributed by atoms with van der Waals surface area (Å²) in [6, 6.07) is -0.184. The lowest BCUT2D eigenvalue weighted by Crippen LogP contribution is -2.54. The van der Waals surface area contributed by atoms with Crippen LogP contribution in [0, 0.1) is 0 Å². The normalized spacial score (nSPS) is 23.0. The predicted octanol–water partition coefficient (Wildman–Crippen LogP) is 1.45. The minimum Gasteiger partial charge on any atom is -0.300 e. The number of rotatable bonds is 4. The van der Waals surface area contributed by atoms with Crippen LogP contribution in [0.25, 0.3) is 0 Å². The highest BCUT2D eigenvalue weighted by atomic mass is 32.2. The van der Waals surface area contributed by atoms with Gasteiger partial charge >= 0.3 is 0 Å². The molecule has 1 fully saturated rings. The largest absolute Gasteiger partial charge is 0.300 e. The monoisotopic (exact) mass is 276 g/mol. The molecule has 1 unspecified atom stereocenters. The molecule has 106 valence electrons. The Hall–Kier alpha value is -0.460. The molecule has 0 aliphatic carbocycles. The molecule has 5 nitrogen and oxygen atoms in total. The zero-order chi connectivity index (χ0) is 14.0. The third kappa shape index (κ3) is 4.66. The Labute approximate surface area is 110 Å². The molecule has 0 aromatic heterocycles. The van der Waals surface area contributed by atoms with Crippen LogP contribution < -0.4 is 4.72 Å². The van der Waals surface area contributed by atoms with E-state index in [1.807, 2.05) is 20.8 Å². The second-order valence-corrected chi connectivity index (χ2v) is 7.65. The molecule has 18 heavy (non-hydrogen) atoms. The van der Waals surface area contributed by atoms with Crippen LogP contribution in [0.15, 0.2) is 0 Å². The minimum atomic E-state index is -3.50. The summed E-state index contributed by atoms with van der Waals surface area (Å²) >= 11 is 0. The van der Waals surface area contributed by atoms with E-state index in [0.717, 1.165) is 19.3 Å². The second kappa shape index (κ2) is 5.67. The number of Topliss-reactive ketones (excluding diaryl/α,β-unsaturated/α-hetero) is 1. The van der Waals surface area contributed by atoms with Gasteiger partial charge in [-0.2, -0.15) is 17.4 Å². The zero-order valence-corrected chi connectivity index (χ0v) is 12.5. The first-order valence-corrected chi connectivity index (χ1v) is 7.86. The van der Waals surface area contributed by atoms with E-state index in [-0.39, 0.29) is 11.8 Å². The minimum absolute atomic E-state index is 0.0397. The summed E-state index contributed by atoms with van der Waals surface area (Å²) in [5.41, 5.74) is -0.503. The van der Waals surface area contributed by atoms with Gasteiger partial charge in [-0.05, 0) is 40.5 Å². The van der Waals surface area contributed by atoms with Gasteiger partial charge in [-0.3, -0.25) is 4.79 Å². The summed E-state index contributed by atoms with van der Waals surface area (Å²) in [6.07, 6.45) is 2.93. The maximum absolute atomic E-state index is 12.3. The van der Waals surface area contributed by atoms with E-state index in [2.05, 4.69) is 4.72 Å². The Morgan fingerprint density at radius 3 is 2.44 bits per heavy atom. The van der Waals surface area contributed by atoms with Crippen LogP contribution in [-0.2, 0) is 15.0 Å². The first-order chi connectivity index (χ1) is 8.12. The lowest BCUT2D eigenvalue weighted by atomic mass is 10.0. The van der Waals surface area contributed by atoms with Crippen molar-refractivity contribution in [2.24, 2.45) is 0 Å². The van der Waals surface area contributed by atoms with Crippen molar-refractivity contribution in [3.63, 3.8) is 0 Å². The van der Waals surface area contributed by atoms with Crippen molar-refractivity contribution in [1.29, 1.82) is 0 Å². The highest BCUT2D eigenvalue weighted by molar-refractivity contribution is 7.87. The van der Waals surface area contributed by atoms with Gasteiger partial charge in [0.15, 0.2) is 0 Å². The van der Waals surface area contributed by atoms with Crippen LogP contribution in [0.2, 0.25) is 0 Å². The Kier molecular flexibility index (Phi) is 4.91. The van der Waals surface area contributed by atoms with Crippen molar-refractivity contribution in [2.45, 2.75) is 65.0 Å². The number of nitrogens with zero attached hydrogens (tertiary/aromatic N) is 1. The third-order valence-electron chi connectivity index (χ3n) is 2.84. The van der Waals surface area contributed by atoms with Gasteiger partial charge in [0.25, 0.3) is 10.2 Å². The van der Waals surface area contributed by atoms with Gasteiger partial charge in [0.2, 0.25) is 0 Å². The SMILES string of the molecule is CC(=O)CC1CCCCN1S(=O)(=O)NC(C)(C)C. The summed E-state index contributed by atoms with van der Waals surface area (Å²) in [4.78, 5) is 11.2. The molecule has 1 aliphatic rings. The van der Waals surface area contributed by atoms with Gasteiger partial charge in [-0.25, -0.2) is 0 Å². The van der Waals surface area contributed by atoms with E-state index in [0.29, 0.717) is 13.0 Å². The van der Waals surface area contributed by atoms with Crippen LogP contribution >= 0.6 is 0 Å². The van der Waals surface area contributed by atoms with Crippen molar-refractivity contribution in [1.82, 2.24) is 9.03 Å². The average molecular weight is 276 g/mol. The molecule has 0 radical (unpaired) electrons. The van der Waals surface area contributed by atoms with Gasteiger partial charge in [-0.15, -0.1) is 0 Å². The van der Waals surface area contributed by atoms with Crippen LogP contribution in [-0.4, -0.2) is 36.6 Å². The molecule has 0 aromatic carbocycles. The standard InChI is InChI=1S/C12H24N2O3S/c1-10(15)9-11-7-5-6-8-14(11)18(16,17)13-12(2,3)4/h11,13H,5-9H2,1-4H3. The summed E-state index contributed by atoms with van der Waals surface area (Å²) < 4.78 is 28.7. The van der Waals surface area contributed by atoms with Crippen LogP contribution in [0.3, 0.4) is 0 Å². The number of nitrogens with one attached hydrogen (secondary N) is 1. The average Bonchev–Trinajstić information content (AvgIpc) is 2.13. The molecule has 0 aromatic rings. The summed E-state index contributed by atoms with van der Waals surface area (Å²) in [6.45, 7) is 7.46. The van der Waals surface area contributed by atoms with Crippen LogP contribution in [0.4, 0.5) is 0 Å². The molecule has 6 heteroatoms. The fourth-order valence-corrected chi connectivity index (χ4v) is 4.10. The third-order valence-corrected chi connectivity index (χ3v) is 4.81. The molecule has 1 rings (SSSR count). The molecule has 1 aliphatic heterocycles. The highest BCUT2D eigenvalue weighted by Gasteiger charge is 2.34. The number of ketones is 1. The van der Waals surface area contributed by atoms with E-state index < -0.39 is 15.7 Å². The molecule has 1 N–H and O–H groups in total. The number of hydrogen-bond donors (Lipinski definition) is 1. The predicted molar refractivity (Wildman–Crippen MR) is 71.5 cm³/mol. The summed E-state index contributed by atoms with van der Waals surface area (Å²) in [5, 5.41) is 0. The quantitative estimate of drug-likeness (QED) is 0.845. The van der Waals surface area contributed by atoms with Crippen LogP contribution in [0.1, 0.15) is 53.4 Å². The van der Waals surface area contributed by atoms with E-state index in [1.54, 1.807) is 0 Å². The van der Waals surface area contributed by atoms with Crippen molar-refractivity contribution >= 4 is 16.0 Å². The van der Waals surface area contributed by atoms with E-state index in [1.165, 1.54) is 11.2 Å². The first kappa shape index (κ1) is 15.6. The fraction of sp³-hybridized carbons (Fsp3) is 0.917. The van der Waals surface area contributed by atoms with Crippen molar-refractivity contribution < 1.29 is 13.2 Å². The van der Waals surface area contributed by atoms with Gasteiger partial charge in [0, 0.05) is 24.5 Å². The Bertz CT molecular complexity index is 398. The summed E-state index contributed by atoms with van der Waals surface area (Å²) in [7, 11) is -3.50. The van der Waals surface area contributed by atoms with Crippen molar-refractivity contribution in [3.05, 3.63) is 0 Å². The molecule has 0 spiro atoms. The summed E-state index contributed by atoms with van der Waals surface area (Å²) in [5.74, 6) is 0.0397. The molecular formula is C12H24N2O3S. The molecule has 0 saturated carbocycles. The van der Waals surface area contributed by atoms with Crippen molar-refractivity contribution in [2.75, 3.05) is 6.54 Å². The maximum atomic E-state index is 12.3. The molecule has 0 amide bonds. The number of piperidine rings is 1. The lowest BCUT2D eigenvalue weighted by Gasteiger charge is -2.36. The maximum Gasteiger partial charge on any atom is 0.280 e. The molecular weight excluding hydrogens is 252 g/mol. The zero-order valence-electron chi connectivity index (χ0n) is 11.7. The number of carbonyl (C=O) groups is 1. The Morgan fingerprint density at radius 2 is 1.94 bits per heavy atom. The molecule has 1 saturated heterocycles. The second-order valence-electron chi connectivity index (χ2n) is 6.02. The molecule has 1 heterocycles. The Balaban J connectivity index is 2.85.